The summed E-state index contributed by atoms with van der Waals surface area (Å²) in [5.41, 5.74) is 2.42. The first-order valence-electron chi connectivity index (χ1n) is 7.93. The van der Waals surface area contributed by atoms with Gasteiger partial charge in [-0.3, -0.25) is 4.79 Å². The maximum Gasteiger partial charge on any atom is 0.228 e. The third kappa shape index (κ3) is 2.91. The molecule has 0 radical (unpaired) electrons. The zero-order valence-corrected chi connectivity index (χ0v) is 12.8. The van der Waals surface area contributed by atoms with E-state index in [-0.39, 0.29) is 24.0 Å². The largest absolute Gasteiger partial charge is 0.384 e. The first kappa shape index (κ1) is 14.4. The van der Waals surface area contributed by atoms with Crippen LogP contribution < -0.4 is 5.32 Å². The van der Waals surface area contributed by atoms with Crippen molar-refractivity contribution in [1.82, 2.24) is 4.90 Å². The Hall–Kier alpha value is -1.55. The molecule has 3 rings (SSSR count). The highest BCUT2D eigenvalue weighted by atomic mass is 16.5. The lowest BCUT2D eigenvalue weighted by Crippen LogP contribution is -2.54. The van der Waals surface area contributed by atoms with E-state index in [1.54, 1.807) is 0 Å². The van der Waals surface area contributed by atoms with Gasteiger partial charge in [0.05, 0.1) is 24.7 Å². The average molecular weight is 288 g/mol. The van der Waals surface area contributed by atoms with Crippen molar-refractivity contribution < 1.29 is 9.53 Å². The monoisotopic (exact) mass is 288 g/mol. The minimum absolute atomic E-state index is 0.0410. The minimum Gasteiger partial charge on any atom is -0.384 e. The summed E-state index contributed by atoms with van der Waals surface area (Å²) >= 11 is 0. The number of ether oxygens (including phenoxy) is 1. The molecule has 1 aromatic carbocycles. The van der Waals surface area contributed by atoms with E-state index >= 15 is 0 Å². The molecule has 0 aliphatic carbocycles. The molecule has 2 aliphatic heterocycles. The Balaban J connectivity index is 1.73. The van der Waals surface area contributed by atoms with Gasteiger partial charge >= 0.3 is 0 Å². The number of morpholine rings is 1. The maximum atomic E-state index is 12.9. The third-order valence-corrected chi connectivity index (χ3v) is 4.59. The topological polar surface area (TPSA) is 41.6 Å². The normalized spacial score (nSPS) is 28.7. The van der Waals surface area contributed by atoms with Gasteiger partial charge < -0.3 is 15.0 Å². The van der Waals surface area contributed by atoms with Crippen molar-refractivity contribution in [1.29, 1.82) is 0 Å². The van der Waals surface area contributed by atoms with Crippen molar-refractivity contribution in [2.45, 2.75) is 38.8 Å². The summed E-state index contributed by atoms with van der Waals surface area (Å²) in [5.74, 6) is 0.318. The summed E-state index contributed by atoms with van der Waals surface area (Å²) in [4.78, 5) is 15.0. The number of para-hydroxylation sites is 1. The highest BCUT2D eigenvalue weighted by Crippen LogP contribution is 2.27. The SMILES string of the molecule is CCC1COC(C)CN1C(=O)C1CNc2ccccc2C1. The van der Waals surface area contributed by atoms with E-state index in [0.29, 0.717) is 6.61 Å². The maximum absolute atomic E-state index is 12.9. The fourth-order valence-electron chi connectivity index (χ4n) is 3.30. The van der Waals surface area contributed by atoms with Gasteiger partial charge in [-0.25, -0.2) is 0 Å². The van der Waals surface area contributed by atoms with Crippen LogP contribution >= 0.6 is 0 Å². The number of hydrogen-bond acceptors (Lipinski definition) is 3. The second kappa shape index (κ2) is 6.06. The van der Waals surface area contributed by atoms with E-state index in [1.165, 1.54) is 11.3 Å². The molecule has 1 saturated heterocycles. The quantitative estimate of drug-likeness (QED) is 0.908. The number of rotatable bonds is 2. The van der Waals surface area contributed by atoms with Crippen LogP contribution in [0.2, 0.25) is 0 Å². The molecule has 1 amide bonds. The Labute approximate surface area is 126 Å². The number of nitrogens with zero attached hydrogens (tertiary/aromatic N) is 1. The number of carbonyl (C=O) groups is 1. The summed E-state index contributed by atoms with van der Waals surface area (Å²) in [6.07, 6.45) is 1.93. The van der Waals surface area contributed by atoms with Crippen LogP contribution in [0.15, 0.2) is 24.3 Å². The number of fused-ring (bicyclic) bond motifs is 1. The molecule has 4 heteroatoms. The minimum atomic E-state index is 0.0410. The summed E-state index contributed by atoms with van der Waals surface area (Å²) < 4.78 is 5.70. The van der Waals surface area contributed by atoms with E-state index in [4.69, 9.17) is 4.74 Å². The van der Waals surface area contributed by atoms with Crippen molar-refractivity contribution in [3.63, 3.8) is 0 Å². The molecule has 114 valence electrons. The Bertz CT molecular complexity index is 517. The van der Waals surface area contributed by atoms with Crippen LogP contribution in [0.1, 0.15) is 25.8 Å². The van der Waals surface area contributed by atoms with Crippen LogP contribution in [0, 0.1) is 5.92 Å². The molecule has 2 heterocycles. The predicted octanol–water partition coefficient (Wildman–Crippen LogP) is 2.30. The van der Waals surface area contributed by atoms with Gasteiger partial charge in [-0.15, -0.1) is 0 Å². The standard InChI is InChI=1S/C17H24N2O2/c1-3-15-11-21-12(2)10-19(15)17(20)14-8-13-6-4-5-7-16(13)18-9-14/h4-7,12,14-15,18H,3,8-11H2,1-2H3. The Morgan fingerprint density at radius 2 is 2.24 bits per heavy atom. The van der Waals surface area contributed by atoms with Gasteiger partial charge in [-0.2, -0.15) is 0 Å². The molecule has 0 aromatic heterocycles. The fraction of sp³-hybridized carbons (Fsp3) is 0.588. The van der Waals surface area contributed by atoms with Crippen molar-refractivity contribution in [2.24, 2.45) is 5.92 Å². The van der Waals surface area contributed by atoms with E-state index in [9.17, 15) is 4.79 Å². The molecule has 1 N–H and O–H groups in total. The smallest absolute Gasteiger partial charge is 0.228 e. The number of benzene rings is 1. The molecule has 3 unspecified atom stereocenters. The van der Waals surface area contributed by atoms with Gasteiger partial charge in [0, 0.05) is 18.8 Å². The lowest BCUT2D eigenvalue weighted by molar-refractivity contribution is -0.148. The molecule has 0 spiro atoms. The summed E-state index contributed by atoms with van der Waals surface area (Å²) in [6, 6.07) is 8.50. The Morgan fingerprint density at radius 1 is 1.43 bits per heavy atom. The summed E-state index contributed by atoms with van der Waals surface area (Å²) in [7, 11) is 0. The summed E-state index contributed by atoms with van der Waals surface area (Å²) in [6.45, 7) is 6.28. The highest BCUT2D eigenvalue weighted by molar-refractivity contribution is 5.81. The van der Waals surface area contributed by atoms with Crippen molar-refractivity contribution in [3.05, 3.63) is 29.8 Å². The van der Waals surface area contributed by atoms with Gasteiger partial charge in [0.15, 0.2) is 0 Å². The van der Waals surface area contributed by atoms with Crippen LogP contribution in [0.25, 0.3) is 0 Å². The number of hydrogen-bond donors (Lipinski definition) is 1. The van der Waals surface area contributed by atoms with Crippen molar-refractivity contribution in [3.8, 4) is 0 Å². The third-order valence-electron chi connectivity index (χ3n) is 4.59. The van der Waals surface area contributed by atoms with Crippen molar-refractivity contribution >= 4 is 11.6 Å². The number of anilines is 1. The number of nitrogens with one attached hydrogen (secondary N) is 1. The van der Waals surface area contributed by atoms with E-state index in [1.807, 2.05) is 19.1 Å². The van der Waals surface area contributed by atoms with Gasteiger partial charge in [0.25, 0.3) is 0 Å². The molecule has 1 aromatic rings. The van der Waals surface area contributed by atoms with E-state index in [0.717, 1.165) is 25.9 Å². The van der Waals surface area contributed by atoms with Crippen LogP contribution in [-0.4, -0.2) is 42.6 Å². The second-order valence-electron chi connectivity index (χ2n) is 6.14. The molecule has 21 heavy (non-hydrogen) atoms. The number of carbonyl (C=O) groups excluding carboxylic acids is 1. The van der Waals surface area contributed by atoms with Gasteiger partial charge in [0.1, 0.15) is 0 Å². The molecular weight excluding hydrogens is 264 g/mol. The van der Waals surface area contributed by atoms with Crippen LogP contribution in [-0.2, 0) is 16.0 Å². The zero-order chi connectivity index (χ0) is 14.8. The molecular formula is C17H24N2O2. The van der Waals surface area contributed by atoms with Crippen LogP contribution in [0.3, 0.4) is 0 Å². The fourth-order valence-corrected chi connectivity index (χ4v) is 3.30. The average Bonchev–Trinajstić information content (AvgIpc) is 2.53. The van der Waals surface area contributed by atoms with Gasteiger partial charge in [-0.1, -0.05) is 25.1 Å². The van der Waals surface area contributed by atoms with Crippen molar-refractivity contribution in [2.75, 3.05) is 25.0 Å². The predicted molar refractivity (Wildman–Crippen MR) is 83.3 cm³/mol. The lowest BCUT2D eigenvalue weighted by Gasteiger charge is -2.41. The lowest BCUT2D eigenvalue weighted by atomic mass is 9.92. The summed E-state index contributed by atoms with van der Waals surface area (Å²) in [5, 5.41) is 3.40. The Kier molecular flexibility index (Phi) is 4.15. The molecule has 0 bridgehead atoms. The molecule has 0 saturated carbocycles. The second-order valence-corrected chi connectivity index (χ2v) is 6.14. The highest BCUT2D eigenvalue weighted by Gasteiger charge is 2.34. The van der Waals surface area contributed by atoms with E-state index in [2.05, 4.69) is 29.3 Å². The van der Waals surface area contributed by atoms with E-state index < -0.39 is 0 Å². The first-order valence-corrected chi connectivity index (χ1v) is 7.93. The molecule has 4 nitrogen and oxygen atoms in total. The zero-order valence-electron chi connectivity index (χ0n) is 12.8. The molecule has 3 atom stereocenters. The first-order chi connectivity index (χ1) is 10.2. The van der Waals surface area contributed by atoms with Crippen LogP contribution in [0.5, 0.6) is 0 Å². The van der Waals surface area contributed by atoms with Crippen LogP contribution in [0.4, 0.5) is 5.69 Å². The number of amides is 1. The Morgan fingerprint density at radius 3 is 3.05 bits per heavy atom. The van der Waals surface area contributed by atoms with Gasteiger partial charge in [0.2, 0.25) is 5.91 Å². The van der Waals surface area contributed by atoms with Gasteiger partial charge in [-0.05, 0) is 31.4 Å². The molecule has 2 aliphatic rings. The molecule has 1 fully saturated rings.